The summed E-state index contributed by atoms with van der Waals surface area (Å²) in [5.41, 5.74) is -1.58. The van der Waals surface area contributed by atoms with E-state index in [4.69, 9.17) is 37.9 Å². The lowest BCUT2D eigenvalue weighted by Crippen LogP contribution is -2.62. The van der Waals surface area contributed by atoms with Gasteiger partial charge in [0.25, 0.3) is 0 Å². The number of carbonyl (C=O) groups is 2. The molecule has 0 radical (unpaired) electrons. The molecule has 1 aromatic carbocycles. The molecule has 0 aliphatic carbocycles. The zero-order valence-electron chi connectivity index (χ0n) is 48.3. The number of cyclic esters (lactones) is 1. The molecule has 21 nitrogen and oxygen atoms in total. The molecule has 2 aromatic rings. The second-order valence-electron chi connectivity index (χ2n) is 23.7. The van der Waals surface area contributed by atoms with Crippen molar-refractivity contribution in [1.82, 2.24) is 24.8 Å². The van der Waals surface area contributed by atoms with Crippen molar-refractivity contribution in [2.45, 2.75) is 211 Å². The van der Waals surface area contributed by atoms with Crippen LogP contribution in [0.4, 0.5) is 5.69 Å². The molecule has 19 atom stereocenters. The van der Waals surface area contributed by atoms with Gasteiger partial charge < -0.3 is 78.1 Å². The van der Waals surface area contributed by atoms with Crippen LogP contribution in [0.5, 0.6) is 0 Å². The monoisotopic (exact) mass is 1090 g/mol. The zero-order valence-corrected chi connectivity index (χ0v) is 48.3. The Morgan fingerprint density at radius 3 is 2.32 bits per heavy atom. The van der Waals surface area contributed by atoms with Gasteiger partial charge in [0.05, 0.1) is 47.2 Å². The van der Waals surface area contributed by atoms with Crippen LogP contribution in [0.25, 0.3) is 0 Å². The summed E-state index contributed by atoms with van der Waals surface area (Å²) in [6.07, 6.45) is -4.48. The Morgan fingerprint density at radius 1 is 0.961 bits per heavy atom. The lowest BCUT2D eigenvalue weighted by molar-refractivity contribution is -0.302. The first-order chi connectivity index (χ1) is 36.2. The minimum Gasteiger partial charge on any atom is -0.463 e. The minimum absolute atomic E-state index is 0.123. The molecule has 77 heavy (non-hydrogen) atoms. The van der Waals surface area contributed by atoms with Crippen molar-refractivity contribution in [2.75, 3.05) is 65.9 Å². The standard InChI is InChI=1S/C56H94N6O15/c1-15-46-56(11,69)49(65)37(6)60(13)27-33(2)25-54(9,68)51(35(4)47(36(5)52(67)76-46)45-26-55(10,70-14)50(66)38(7)75-45)77-53-48(64)44(24-34(3)74-53)59(12)22-21-41-28-62(58-57-41)23-20-40-16-18-42(19-17-40)61-29-43(30-72-39(8)63)73-32-71-31-61/h16-19,28,33-38,43-51,53,64-66,68-69H,15,20-27,29-32H2,1-14H3/t33-,34-,35+,36-,37-,38+,43-,44+,45?,46-,47+,48-,49-,50+,51-,53+,54-,55-,56-/m1/s1. The highest BCUT2D eigenvalue weighted by molar-refractivity contribution is 5.73. The van der Waals surface area contributed by atoms with E-state index >= 15 is 0 Å². The minimum atomic E-state index is -1.82. The summed E-state index contributed by atoms with van der Waals surface area (Å²) in [4.78, 5) is 32.1. The number of aryl methyl sites for hydroxylation is 2. The number of methoxy groups -OCH3 is 1. The molecule has 6 rings (SSSR count). The molecule has 5 N–H and O–H groups in total. The Morgan fingerprint density at radius 2 is 1.66 bits per heavy atom. The van der Waals surface area contributed by atoms with E-state index in [1.165, 1.54) is 21.0 Å². The Bertz CT molecular complexity index is 2170. The Labute approximate surface area is 456 Å². The number of aliphatic hydroxyl groups excluding tert-OH is 3. The number of hydrogen-bond acceptors (Lipinski definition) is 20. The molecule has 438 valence electrons. The molecule has 0 amide bonds. The molecule has 1 aromatic heterocycles. The van der Waals surface area contributed by atoms with Crippen molar-refractivity contribution >= 4 is 17.6 Å². The Hall–Kier alpha value is -3.42. The number of anilines is 1. The smallest absolute Gasteiger partial charge is 0.309 e. The first kappa shape index (κ1) is 62.8. The van der Waals surface area contributed by atoms with Crippen molar-refractivity contribution in [2.24, 2.45) is 23.7 Å². The van der Waals surface area contributed by atoms with E-state index in [1.807, 2.05) is 81.5 Å². The second kappa shape index (κ2) is 26.9. The van der Waals surface area contributed by atoms with Crippen LogP contribution in [0, 0.1) is 23.7 Å². The van der Waals surface area contributed by atoms with Gasteiger partial charge in [-0.25, -0.2) is 0 Å². The van der Waals surface area contributed by atoms with Crippen LogP contribution < -0.4 is 4.90 Å². The molecule has 0 bridgehead atoms. The molecule has 5 heterocycles. The fraction of sp³-hybridized carbons (Fsp3) is 0.821. The third-order valence-electron chi connectivity index (χ3n) is 17.2. The van der Waals surface area contributed by atoms with E-state index in [9.17, 15) is 35.1 Å². The molecular formula is C56H94N6O15. The zero-order chi connectivity index (χ0) is 56.7. The molecule has 4 aliphatic heterocycles. The van der Waals surface area contributed by atoms with Crippen molar-refractivity contribution in [3.63, 3.8) is 0 Å². The van der Waals surface area contributed by atoms with Crippen LogP contribution in [-0.4, -0.2) is 213 Å². The second-order valence-corrected chi connectivity index (χ2v) is 23.7. The summed E-state index contributed by atoms with van der Waals surface area (Å²) in [6, 6.07) is 7.25. The molecule has 4 saturated heterocycles. The van der Waals surface area contributed by atoms with Gasteiger partial charge in [-0.15, -0.1) is 5.10 Å². The summed E-state index contributed by atoms with van der Waals surface area (Å²) >= 11 is 0. The maximum atomic E-state index is 14.7. The third kappa shape index (κ3) is 15.5. The number of aromatic nitrogens is 3. The van der Waals surface area contributed by atoms with Gasteiger partial charge in [0.2, 0.25) is 0 Å². The quantitative estimate of drug-likeness (QED) is 0.161. The highest BCUT2D eigenvalue weighted by Crippen LogP contribution is 2.45. The Balaban J connectivity index is 1.18. The lowest BCUT2D eigenvalue weighted by Gasteiger charge is -2.51. The summed E-state index contributed by atoms with van der Waals surface area (Å²) in [7, 11) is 5.34. The average molecular weight is 1090 g/mol. The number of nitrogens with zero attached hydrogens (tertiary/aromatic N) is 6. The van der Waals surface area contributed by atoms with Gasteiger partial charge in [-0.05, 0) is 111 Å². The predicted molar refractivity (Wildman–Crippen MR) is 285 cm³/mol. The number of hydrogen-bond donors (Lipinski definition) is 5. The largest absolute Gasteiger partial charge is 0.463 e. The topological polar surface area (TPSA) is 250 Å². The third-order valence-corrected chi connectivity index (χ3v) is 17.2. The number of aliphatic hydroxyl groups is 5. The lowest BCUT2D eigenvalue weighted by atomic mass is 9.68. The summed E-state index contributed by atoms with van der Waals surface area (Å²) in [6.45, 7) is 22.1. The van der Waals surface area contributed by atoms with Gasteiger partial charge in [-0.1, -0.05) is 45.0 Å². The van der Waals surface area contributed by atoms with E-state index < -0.39 is 102 Å². The van der Waals surface area contributed by atoms with Gasteiger partial charge in [-0.3, -0.25) is 14.3 Å². The number of carbonyl (C=O) groups excluding carboxylic acids is 2. The van der Waals surface area contributed by atoms with Gasteiger partial charge in [0.1, 0.15) is 56.3 Å². The molecule has 0 saturated carbocycles. The van der Waals surface area contributed by atoms with Crippen molar-refractivity contribution in [3.05, 3.63) is 41.7 Å². The number of esters is 2. The molecule has 4 aliphatic rings. The van der Waals surface area contributed by atoms with E-state index in [0.717, 1.165) is 23.4 Å². The summed E-state index contributed by atoms with van der Waals surface area (Å²) < 4.78 is 50.6. The van der Waals surface area contributed by atoms with Gasteiger partial charge >= 0.3 is 11.9 Å². The predicted octanol–water partition coefficient (Wildman–Crippen LogP) is 3.32. The van der Waals surface area contributed by atoms with Gasteiger partial charge in [0, 0.05) is 82.9 Å². The van der Waals surface area contributed by atoms with Crippen LogP contribution in [-0.2, 0) is 66.9 Å². The number of ether oxygens (including phenoxy) is 8. The van der Waals surface area contributed by atoms with Crippen molar-refractivity contribution in [3.8, 4) is 0 Å². The van der Waals surface area contributed by atoms with E-state index in [1.54, 1.807) is 27.7 Å². The SMILES string of the molecule is CC[C@H]1OC(=O)[C@H](C)[C@@H](C2C[C@@](C)(OC)[C@@H](O)[C@H](C)O2)[C@H](C)[C@@H](O[C@@H]2O[C@H](C)C[C@H](N(C)CCc3cn(CCc4ccc(N5COCO[C@@H](COC(C)=O)C5)cc4)nn3)[C@H]2O)[C@](C)(O)C[C@@H](C)CN(C)[C@H](C)[C@@H](O)[C@]1(C)O. The number of likely N-dealkylation sites (N-methyl/N-ethyl adjacent to an activating group) is 2. The van der Waals surface area contributed by atoms with Crippen LogP contribution in [0.1, 0.15) is 113 Å². The molecular weight excluding hydrogens is 997 g/mol. The van der Waals surface area contributed by atoms with Crippen LogP contribution in [0.2, 0.25) is 0 Å². The maximum Gasteiger partial charge on any atom is 0.309 e. The van der Waals surface area contributed by atoms with E-state index in [-0.39, 0.29) is 56.8 Å². The van der Waals surface area contributed by atoms with E-state index in [2.05, 4.69) is 27.3 Å². The van der Waals surface area contributed by atoms with Crippen LogP contribution >= 0.6 is 0 Å². The molecule has 1 unspecified atom stereocenters. The van der Waals surface area contributed by atoms with Crippen molar-refractivity contribution < 1.29 is 73.0 Å². The normalized spacial score (nSPS) is 39.6. The highest BCUT2D eigenvalue weighted by atomic mass is 16.7. The average Bonchev–Trinajstić information content (AvgIpc) is 3.71. The first-order valence-electron chi connectivity index (χ1n) is 27.9. The van der Waals surface area contributed by atoms with Crippen molar-refractivity contribution in [1.29, 1.82) is 0 Å². The fourth-order valence-corrected chi connectivity index (χ4v) is 12.5. The number of benzene rings is 1. The number of rotatable bonds is 15. The molecule has 0 spiro atoms. The fourth-order valence-electron chi connectivity index (χ4n) is 12.5. The van der Waals surface area contributed by atoms with Crippen LogP contribution in [0.3, 0.4) is 0 Å². The molecule has 21 heteroatoms. The summed E-state index contributed by atoms with van der Waals surface area (Å²) in [5, 5.41) is 69.2. The van der Waals surface area contributed by atoms with E-state index in [0.29, 0.717) is 45.8 Å². The molecule has 4 fully saturated rings. The van der Waals surface area contributed by atoms with Gasteiger partial charge in [-0.2, -0.15) is 0 Å². The van der Waals surface area contributed by atoms with Crippen LogP contribution in [0.15, 0.2) is 30.5 Å². The maximum absolute atomic E-state index is 14.7. The highest BCUT2D eigenvalue weighted by Gasteiger charge is 2.55. The van der Waals surface area contributed by atoms with Gasteiger partial charge in [0.15, 0.2) is 6.29 Å². The Kier molecular flexibility index (Phi) is 21.9. The first-order valence-corrected chi connectivity index (χ1v) is 27.9. The summed E-state index contributed by atoms with van der Waals surface area (Å²) in [5.74, 6) is -3.51.